The first kappa shape index (κ1) is 12.1. The summed E-state index contributed by atoms with van der Waals surface area (Å²) in [6.07, 6.45) is 4.54. The Balaban J connectivity index is 1.83. The SMILES string of the molecule is CN1CCC(c2nnc3n2CCCC3CO)CC1. The summed E-state index contributed by atoms with van der Waals surface area (Å²) in [4.78, 5) is 2.38. The topological polar surface area (TPSA) is 54.2 Å². The van der Waals surface area contributed by atoms with Crippen molar-refractivity contribution in [2.75, 3.05) is 26.7 Å². The molecule has 5 heteroatoms. The first-order chi connectivity index (χ1) is 8.79. The van der Waals surface area contributed by atoms with Crippen LogP contribution >= 0.6 is 0 Å². The third kappa shape index (κ3) is 2.06. The summed E-state index contributed by atoms with van der Waals surface area (Å²) in [6, 6.07) is 0. The maximum absolute atomic E-state index is 9.40. The van der Waals surface area contributed by atoms with Crippen molar-refractivity contribution in [3.05, 3.63) is 11.6 Å². The van der Waals surface area contributed by atoms with Crippen molar-refractivity contribution >= 4 is 0 Å². The van der Waals surface area contributed by atoms with Gasteiger partial charge in [-0.3, -0.25) is 0 Å². The number of aromatic nitrogens is 3. The van der Waals surface area contributed by atoms with Crippen LogP contribution in [0.3, 0.4) is 0 Å². The van der Waals surface area contributed by atoms with Crippen molar-refractivity contribution in [1.82, 2.24) is 19.7 Å². The highest BCUT2D eigenvalue weighted by atomic mass is 16.3. The van der Waals surface area contributed by atoms with Crippen molar-refractivity contribution < 1.29 is 5.11 Å². The van der Waals surface area contributed by atoms with Gasteiger partial charge in [0, 0.05) is 18.4 Å². The minimum Gasteiger partial charge on any atom is -0.396 e. The summed E-state index contributed by atoms with van der Waals surface area (Å²) in [5, 5.41) is 18.2. The third-order valence-corrected chi connectivity index (χ3v) is 4.41. The van der Waals surface area contributed by atoms with Gasteiger partial charge in [-0.25, -0.2) is 0 Å². The lowest BCUT2D eigenvalue weighted by molar-refractivity contribution is 0.231. The number of nitrogens with zero attached hydrogens (tertiary/aromatic N) is 4. The molecule has 0 aliphatic carbocycles. The van der Waals surface area contributed by atoms with Gasteiger partial charge in [0.2, 0.25) is 0 Å². The minimum atomic E-state index is 0.200. The fraction of sp³-hybridized carbons (Fsp3) is 0.846. The molecule has 1 saturated heterocycles. The Hall–Kier alpha value is -0.940. The Labute approximate surface area is 108 Å². The van der Waals surface area contributed by atoms with E-state index >= 15 is 0 Å². The molecule has 0 saturated carbocycles. The van der Waals surface area contributed by atoms with Crippen LogP contribution in [0.5, 0.6) is 0 Å². The fourth-order valence-corrected chi connectivity index (χ4v) is 3.23. The molecule has 0 radical (unpaired) electrons. The quantitative estimate of drug-likeness (QED) is 0.849. The van der Waals surface area contributed by atoms with E-state index in [9.17, 15) is 5.11 Å². The number of piperidine rings is 1. The van der Waals surface area contributed by atoms with Gasteiger partial charge in [0.15, 0.2) is 0 Å². The molecule has 1 unspecified atom stereocenters. The number of aliphatic hydroxyl groups is 1. The van der Waals surface area contributed by atoms with Crippen LogP contribution in [0.2, 0.25) is 0 Å². The molecule has 1 fully saturated rings. The van der Waals surface area contributed by atoms with Crippen LogP contribution in [0.4, 0.5) is 0 Å². The van der Waals surface area contributed by atoms with Crippen LogP contribution in [0, 0.1) is 0 Å². The second-order valence-electron chi connectivity index (χ2n) is 5.67. The Morgan fingerprint density at radius 2 is 1.83 bits per heavy atom. The number of aliphatic hydroxyl groups excluding tert-OH is 1. The first-order valence-corrected chi connectivity index (χ1v) is 7.02. The average molecular weight is 250 g/mol. The van der Waals surface area contributed by atoms with E-state index in [0.29, 0.717) is 5.92 Å². The van der Waals surface area contributed by atoms with E-state index in [0.717, 1.165) is 44.1 Å². The molecular formula is C13H22N4O. The second kappa shape index (κ2) is 4.97. The molecule has 2 aliphatic heterocycles. The first-order valence-electron chi connectivity index (χ1n) is 7.02. The van der Waals surface area contributed by atoms with Gasteiger partial charge in [0.05, 0.1) is 6.61 Å². The van der Waals surface area contributed by atoms with Gasteiger partial charge in [-0.1, -0.05) is 0 Å². The molecule has 1 aromatic rings. The molecule has 1 N–H and O–H groups in total. The summed E-state index contributed by atoms with van der Waals surface area (Å²) in [7, 11) is 2.18. The van der Waals surface area contributed by atoms with Crippen molar-refractivity contribution in [2.24, 2.45) is 0 Å². The van der Waals surface area contributed by atoms with E-state index < -0.39 is 0 Å². The van der Waals surface area contributed by atoms with Crippen LogP contribution in [-0.4, -0.2) is 51.5 Å². The predicted molar refractivity (Wildman–Crippen MR) is 68.6 cm³/mol. The molecule has 0 bridgehead atoms. The van der Waals surface area contributed by atoms with Gasteiger partial charge in [-0.2, -0.15) is 0 Å². The summed E-state index contributed by atoms with van der Waals surface area (Å²) in [6.45, 7) is 3.53. The lowest BCUT2D eigenvalue weighted by Gasteiger charge is -2.30. The standard InChI is InChI=1S/C13H22N4O/c1-16-7-4-10(5-8-16)12-14-15-13-11(9-18)3-2-6-17(12)13/h10-11,18H,2-9H2,1H3. The van der Waals surface area contributed by atoms with Gasteiger partial charge >= 0.3 is 0 Å². The second-order valence-corrected chi connectivity index (χ2v) is 5.67. The van der Waals surface area contributed by atoms with E-state index in [-0.39, 0.29) is 12.5 Å². The largest absolute Gasteiger partial charge is 0.396 e. The van der Waals surface area contributed by atoms with E-state index in [4.69, 9.17) is 0 Å². The lowest BCUT2D eigenvalue weighted by Crippen LogP contribution is -2.31. The van der Waals surface area contributed by atoms with Crippen molar-refractivity contribution in [2.45, 2.75) is 44.1 Å². The van der Waals surface area contributed by atoms with Crippen molar-refractivity contribution in [3.63, 3.8) is 0 Å². The Kier molecular flexibility index (Phi) is 3.35. The monoisotopic (exact) mass is 250 g/mol. The number of likely N-dealkylation sites (tertiary alicyclic amines) is 1. The van der Waals surface area contributed by atoms with E-state index in [1.165, 1.54) is 12.8 Å². The number of rotatable bonds is 2. The molecule has 0 amide bonds. The highest BCUT2D eigenvalue weighted by Gasteiger charge is 2.29. The molecule has 1 atom stereocenters. The highest BCUT2D eigenvalue weighted by molar-refractivity contribution is 5.09. The van der Waals surface area contributed by atoms with Crippen LogP contribution in [0.25, 0.3) is 0 Å². The summed E-state index contributed by atoms with van der Waals surface area (Å²) < 4.78 is 2.28. The van der Waals surface area contributed by atoms with Crippen molar-refractivity contribution in [3.8, 4) is 0 Å². The molecular weight excluding hydrogens is 228 g/mol. The zero-order valence-electron chi connectivity index (χ0n) is 11.0. The molecule has 1 aromatic heterocycles. The fourth-order valence-electron chi connectivity index (χ4n) is 3.23. The van der Waals surface area contributed by atoms with Crippen LogP contribution in [0.1, 0.15) is 49.2 Å². The lowest BCUT2D eigenvalue weighted by atomic mass is 9.94. The van der Waals surface area contributed by atoms with Gasteiger partial charge in [0.1, 0.15) is 11.6 Å². The highest BCUT2D eigenvalue weighted by Crippen LogP contribution is 2.32. The molecule has 18 heavy (non-hydrogen) atoms. The Morgan fingerprint density at radius 1 is 1.11 bits per heavy atom. The minimum absolute atomic E-state index is 0.200. The maximum Gasteiger partial charge on any atom is 0.138 e. The Bertz CT molecular complexity index is 409. The molecule has 2 aliphatic rings. The third-order valence-electron chi connectivity index (χ3n) is 4.41. The number of fused-ring (bicyclic) bond motifs is 1. The summed E-state index contributed by atoms with van der Waals surface area (Å²) in [5.41, 5.74) is 0. The predicted octanol–water partition coefficient (Wildman–Crippen LogP) is 0.957. The van der Waals surface area contributed by atoms with Gasteiger partial charge in [-0.05, 0) is 45.8 Å². The molecule has 5 nitrogen and oxygen atoms in total. The normalized spacial score (nSPS) is 26.2. The molecule has 100 valence electrons. The van der Waals surface area contributed by atoms with Gasteiger partial charge in [0.25, 0.3) is 0 Å². The Morgan fingerprint density at radius 3 is 2.56 bits per heavy atom. The smallest absolute Gasteiger partial charge is 0.138 e. The van der Waals surface area contributed by atoms with Crippen LogP contribution in [-0.2, 0) is 6.54 Å². The maximum atomic E-state index is 9.40. The van der Waals surface area contributed by atoms with Crippen molar-refractivity contribution in [1.29, 1.82) is 0 Å². The zero-order chi connectivity index (χ0) is 12.5. The molecule has 3 rings (SSSR count). The molecule has 0 spiro atoms. The van der Waals surface area contributed by atoms with Crippen LogP contribution < -0.4 is 0 Å². The van der Waals surface area contributed by atoms with E-state index in [1.54, 1.807) is 0 Å². The molecule has 3 heterocycles. The van der Waals surface area contributed by atoms with Gasteiger partial charge < -0.3 is 14.6 Å². The average Bonchev–Trinajstić information content (AvgIpc) is 2.83. The number of hydrogen-bond donors (Lipinski definition) is 1. The number of hydrogen-bond acceptors (Lipinski definition) is 4. The van der Waals surface area contributed by atoms with E-state index in [1.807, 2.05) is 0 Å². The molecule has 0 aromatic carbocycles. The summed E-state index contributed by atoms with van der Waals surface area (Å²) in [5.74, 6) is 2.93. The summed E-state index contributed by atoms with van der Waals surface area (Å²) >= 11 is 0. The van der Waals surface area contributed by atoms with Gasteiger partial charge in [-0.15, -0.1) is 10.2 Å². The van der Waals surface area contributed by atoms with E-state index in [2.05, 4.69) is 26.7 Å². The zero-order valence-corrected chi connectivity index (χ0v) is 11.0. The van der Waals surface area contributed by atoms with Crippen LogP contribution in [0.15, 0.2) is 0 Å².